The number of ether oxygens (including phenoxy) is 1. The molecule has 0 amide bonds. The molecule has 1 atom stereocenters. The number of benzene rings is 2. The Kier molecular flexibility index (Phi) is 4.98. The van der Waals surface area contributed by atoms with Crippen LogP contribution in [0.5, 0.6) is 0 Å². The molecule has 2 N–H and O–H groups in total. The SMILES string of the molecule is COC(=O)C(N)(CSc1ccc(F)cc1)c1ccccc1. The van der Waals surface area contributed by atoms with E-state index < -0.39 is 11.5 Å². The molecular formula is C16H16FNO2S. The van der Waals surface area contributed by atoms with Crippen LogP contribution >= 0.6 is 11.8 Å². The number of methoxy groups -OCH3 is 1. The molecule has 0 saturated carbocycles. The summed E-state index contributed by atoms with van der Waals surface area (Å²) >= 11 is 1.38. The van der Waals surface area contributed by atoms with Crippen LogP contribution in [-0.4, -0.2) is 18.8 Å². The molecule has 0 spiro atoms. The van der Waals surface area contributed by atoms with Gasteiger partial charge in [0.05, 0.1) is 7.11 Å². The molecule has 0 bridgehead atoms. The van der Waals surface area contributed by atoms with Crippen LogP contribution in [0.2, 0.25) is 0 Å². The van der Waals surface area contributed by atoms with E-state index in [4.69, 9.17) is 10.5 Å². The highest BCUT2D eigenvalue weighted by atomic mass is 32.2. The van der Waals surface area contributed by atoms with Gasteiger partial charge in [-0.3, -0.25) is 0 Å². The predicted molar refractivity (Wildman–Crippen MR) is 81.4 cm³/mol. The maximum Gasteiger partial charge on any atom is 0.331 e. The minimum atomic E-state index is -1.24. The van der Waals surface area contributed by atoms with Gasteiger partial charge in [0.15, 0.2) is 0 Å². The summed E-state index contributed by atoms with van der Waals surface area (Å²) in [5, 5.41) is 0. The Bertz CT molecular complexity index is 603. The van der Waals surface area contributed by atoms with Crippen molar-refractivity contribution in [3.05, 3.63) is 66.0 Å². The van der Waals surface area contributed by atoms with Gasteiger partial charge in [-0.2, -0.15) is 0 Å². The second-order valence-electron chi connectivity index (χ2n) is 4.57. The van der Waals surface area contributed by atoms with Crippen molar-refractivity contribution in [1.82, 2.24) is 0 Å². The number of hydrogen-bond donors (Lipinski definition) is 1. The van der Waals surface area contributed by atoms with Gasteiger partial charge in [0.1, 0.15) is 11.4 Å². The van der Waals surface area contributed by atoms with E-state index in [0.717, 1.165) is 4.90 Å². The highest BCUT2D eigenvalue weighted by Crippen LogP contribution is 2.29. The topological polar surface area (TPSA) is 52.3 Å². The number of nitrogens with two attached hydrogens (primary N) is 1. The lowest BCUT2D eigenvalue weighted by atomic mass is 9.93. The zero-order valence-corrected chi connectivity index (χ0v) is 12.4. The molecule has 0 saturated heterocycles. The third-order valence-electron chi connectivity index (χ3n) is 3.12. The standard InChI is InChI=1S/C16H16FNO2S/c1-20-15(19)16(18,12-5-3-2-4-6-12)11-21-14-9-7-13(17)8-10-14/h2-10H,11,18H2,1H3. The maximum absolute atomic E-state index is 12.9. The molecule has 3 nitrogen and oxygen atoms in total. The average Bonchev–Trinajstić information content (AvgIpc) is 2.54. The summed E-state index contributed by atoms with van der Waals surface area (Å²) in [6.45, 7) is 0. The van der Waals surface area contributed by atoms with Crippen LogP contribution in [-0.2, 0) is 15.1 Å². The van der Waals surface area contributed by atoms with E-state index in [-0.39, 0.29) is 5.82 Å². The van der Waals surface area contributed by atoms with Crippen LogP contribution in [0.1, 0.15) is 5.56 Å². The van der Waals surface area contributed by atoms with Gasteiger partial charge in [-0.25, -0.2) is 9.18 Å². The van der Waals surface area contributed by atoms with E-state index in [2.05, 4.69) is 0 Å². The van der Waals surface area contributed by atoms with Gasteiger partial charge in [0.25, 0.3) is 0 Å². The van der Waals surface area contributed by atoms with Crippen molar-refractivity contribution in [2.75, 3.05) is 12.9 Å². The van der Waals surface area contributed by atoms with Gasteiger partial charge in [0.2, 0.25) is 0 Å². The van der Waals surface area contributed by atoms with Crippen molar-refractivity contribution < 1.29 is 13.9 Å². The zero-order valence-electron chi connectivity index (χ0n) is 11.6. The molecule has 2 aromatic rings. The highest BCUT2D eigenvalue weighted by Gasteiger charge is 2.37. The van der Waals surface area contributed by atoms with Gasteiger partial charge < -0.3 is 10.5 Å². The van der Waals surface area contributed by atoms with Gasteiger partial charge in [-0.1, -0.05) is 30.3 Å². The zero-order chi connectivity index (χ0) is 15.3. The fraction of sp³-hybridized carbons (Fsp3) is 0.188. The molecule has 0 aliphatic heterocycles. The van der Waals surface area contributed by atoms with Crippen molar-refractivity contribution in [3.63, 3.8) is 0 Å². The Morgan fingerprint density at radius 1 is 1.19 bits per heavy atom. The van der Waals surface area contributed by atoms with Crippen LogP contribution in [0.3, 0.4) is 0 Å². The summed E-state index contributed by atoms with van der Waals surface area (Å²) in [5.74, 6) is -0.493. The maximum atomic E-state index is 12.9. The smallest absolute Gasteiger partial charge is 0.331 e. The molecule has 0 aliphatic carbocycles. The van der Waals surface area contributed by atoms with E-state index >= 15 is 0 Å². The highest BCUT2D eigenvalue weighted by molar-refractivity contribution is 7.99. The predicted octanol–water partition coefficient (Wildman–Crippen LogP) is 2.95. The number of thioether (sulfide) groups is 1. The molecule has 0 aliphatic rings. The summed E-state index contributed by atoms with van der Waals surface area (Å²) in [6.07, 6.45) is 0. The molecule has 5 heteroatoms. The fourth-order valence-corrected chi connectivity index (χ4v) is 2.91. The van der Waals surface area contributed by atoms with Gasteiger partial charge >= 0.3 is 5.97 Å². The van der Waals surface area contributed by atoms with Crippen LogP contribution < -0.4 is 5.73 Å². The molecule has 2 rings (SSSR count). The van der Waals surface area contributed by atoms with Gasteiger partial charge in [-0.05, 0) is 29.8 Å². The molecule has 110 valence electrons. The summed E-state index contributed by atoms with van der Waals surface area (Å²) in [5.41, 5.74) is 5.73. The van der Waals surface area contributed by atoms with Crippen LogP contribution in [0, 0.1) is 5.82 Å². The third kappa shape index (κ3) is 3.62. The number of halogens is 1. The van der Waals surface area contributed by atoms with E-state index in [1.54, 1.807) is 24.3 Å². The molecule has 2 aromatic carbocycles. The summed E-state index contributed by atoms with van der Waals surface area (Å²) in [4.78, 5) is 12.9. The number of rotatable bonds is 5. The van der Waals surface area contributed by atoms with Gasteiger partial charge in [-0.15, -0.1) is 11.8 Å². The number of carbonyl (C=O) groups is 1. The van der Waals surface area contributed by atoms with E-state index in [1.807, 2.05) is 18.2 Å². The Morgan fingerprint density at radius 3 is 2.38 bits per heavy atom. The number of carbonyl (C=O) groups excluding carboxylic acids is 1. The largest absolute Gasteiger partial charge is 0.467 e. The minimum absolute atomic E-state index is 0.297. The summed E-state index contributed by atoms with van der Waals surface area (Å²) < 4.78 is 17.7. The number of esters is 1. The van der Waals surface area contributed by atoms with Crippen molar-refractivity contribution in [2.24, 2.45) is 5.73 Å². The normalized spacial score (nSPS) is 13.5. The Labute approximate surface area is 127 Å². The first-order valence-electron chi connectivity index (χ1n) is 6.37. The van der Waals surface area contributed by atoms with Gasteiger partial charge in [0, 0.05) is 10.6 Å². The molecule has 21 heavy (non-hydrogen) atoms. The Balaban J connectivity index is 2.21. The average molecular weight is 305 g/mol. The lowest BCUT2D eigenvalue weighted by molar-refractivity contribution is -0.146. The summed E-state index contributed by atoms with van der Waals surface area (Å²) in [7, 11) is 1.31. The second kappa shape index (κ2) is 6.74. The second-order valence-corrected chi connectivity index (χ2v) is 5.62. The molecule has 0 fully saturated rings. The lowest BCUT2D eigenvalue weighted by Crippen LogP contribution is -2.48. The molecule has 1 unspecified atom stereocenters. The Hall–Kier alpha value is -1.85. The quantitative estimate of drug-likeness (QED) is 0.681. The van der Waals surface area contributed by atoms with Crippen LogP contribution in [0.25, 0.3) is 0 Å². The molecular weight excluding hydrogens is 289 g/mol. The monoisotopic (exact) mass is 305 g/mol. The van der Waals surface area contributed by atoms with E-state index in [9.17, 15) is 9.18 Å². The fourth-order valence-electron chi connectivity index (χ4n) is 1.91. The first kappa shape index (κ1) is 15.5. The van der Waals surface area contributed by atoms with Crippen molar-refractivity contribution >= 4 is 17.7 Å². The molecule has 0 aromatic heterocycles. The van der Waals surface area contributed by atoms with E-state index in [0.29, 0.717) is 11.3 Å². The van der Waals surface area contributed by atoms with Crippen LogP contribution in [0.15, 0.2) is 59.5 Å². The van der Waals surface area contributed by atoms with Crippen LogP contribution in [0.4, 0.5) is 4.39 Å². The first-order valence-corrected chi connectivity index (χ1v) is 7.36. The van der Waals surface area contributed by atoms with Crippen molar-refractivity contribution in [3.8, 4) is 0 Å². The third-order valence-corrected chi connectivity index (χ3v) is 4.32. The lowest BCUT2D eigenvalue weighted by Gasteiger charge is -2.26. The first-order chi connectivity index (χ1) is 10.1. The molecule has 0 heterocycles. The van der Waals surface area contributed by atoms with Crippen molar-refractivity contribution in [1.29, 1.82) is 0 Å². The van der Waals surface area contributed by atoms with E-state index in [1.165, 1.54) is 31.0 Å². The van der Waals surface area contributed by atoms with Crippen molar-refractivity contribution in [2.45, 2.75) is 10.4 Å². The summed E-state index contributed by atoms with van der Waals surface area (Å²) in [6, 6.07) is 15.2. The molecule has 0 radical (unpaired) electrons. The number of hydrogen-bond acceptors (Lipinski definition) is 4. The Morgan fingerprint density at radius 2 is 1.81 bits per heavy atom. The minimum Gasteiger partial charge on any atom is -0.467 e.